The maximum atomic E-state index is 13.0. The Balaban J connectivity index is 2.59. The van der Waals surface area contributed by atoms with Gasteiger partial charge < -0.3 is 10.1 Å². The minimum atomic E-state index is -0.221. The molecule has 1 N–H and O–H groups in total. The lowest BCUT2D eigenvalue weighted by Crippen LogP contribution is -2.28. The summed E-state index contributed by atoms with van der Waals surface area (Å²) in [4.78, 5) is 0. The molecule has 0 spiro atoms. The van der Waals surface area contributed by atoms with E-state index in [1.54, 1.807) is 7.11 Å². The maximum absolute atomic E-state index is 13.0. The summed E-state index contributed by atoms with van der Waals surface area (Å²) in [7, 11) is 3.63. The van der Waals surface area contributed by atoms with Crippen LogP contribution < -0.4 is 5.32 Å². The molecule has 16 heavy (non-hydrogen) atoms. The number of nitrogens with one attached hydrogen (secondary N) is 1. The fourth-order valence-electron chi connectivity index (χ4n) is 1.56. The van der Waals surface area contributed by atoms with Gasteiger partial charge in [-0.05, 0) is 53.5 Å². The third-order valence-electron chi connectivity index (χ3n) is 2.54. The third kappa shape index (κ3) is 4.20. The molecule has 0 fully saturated rings. The van der Waals surface area contributed by atoms with Gasteiger partial charge in [-0.3, -0.25) is 0 Å². The molecular weight excluding hydrogens is 273 g/mol. The summed E-state index contributed by atoms with van der Waals surface area (Å²) in [6.07, 6.45) is 1.82. The Morgan fingerprint density at radius 3 is 2.81 bits per heavy atom. The molecule has 0 aliphatic heterocycles. The molecule has 1 unspecified atom stereocenters. The van der Waals surface area contributed by atoms with Crippen LogP contribution in [0, 0.1) is 5.82 Å². The molecule has 1 aromatic rings. The molecule has 4 heteroatoms. The SMILES string of the molecule is CNC(CCOC)Cc1ccc(F)c(Br)c1. The molecule has 0 aromatic heterocycles. The zero-order valence-corrected chi connectivity index (χ0v) is 11.2. The molecule has 90 valence electrons. The minimum Gasteiger partial charge on any atom is -0.385 e. The van der Waals surface area contributed by atoms with Crippen LogP contribution >= 0.6 is 15.9 Å². The van der Waals surface area contributed by atoms with Gasteiger partial charge in [0.2, 0.25) is 0 Å². The van der Waals surface area contributed by atoms with Crippen LogP contribution in [0.4, 0.5) is 4.39 Å². The lowest BCUT2D eigenvalue weighted by atomic mass is 10.0. The Morgan fingerprint density at radius 1 is 1.50 bits per heavy atom. The first-order valence-corrected chi connectivity index (χ1v) is 6.06. The summed E-state index contributed by atoms with van der Waals surface area (Å²) >= 11 is 3.19. The largest absolute Gasteiger partial charge is 0.385 e. The Bertz CT molecular complexity index is 333. The van der Waals surface area contributed by atoms with Crippen molar-refractivity contribution in [2.24, 2.45) is 0 Å². The number of hydrogen-bond donors (Lipinski definition) is 1. The molecule has 0 saturated heterocycles. The van der Waals surface area contributed by atoms with Crippen LogP contribution in [-0.2, 0) is 11.2 Å². The molecule has 0 bridgehead atoms. The normalized spacial score (nSPS) is 12.8. The molecule has 2 nitrogen and oxygen atoms in total. The average Bonchev–Trinajstić information content (AvgIpc) is 2.29. The van der Waals surface area contributed by atoms with Crippen LogP contribution in [0.15, 0.2) is 22.7 Å². The second-order valence-electron chi connectivity index (χ2n) is 3.72. The molecule has 0 amide bonds. The summed E-state index contributed by atoms with van der Waals surface area (Å²) in [5.41, 5.74) is 1.11. The molecule has 0 aliphatic rings. The second kappa shape index (κ2) is 6.99. The van der Waals surface area contributed by atoms with E-state index in [0.717, 1.165) is 25.0 Å². The van der Waals surface area contributed by atoms with E-state index in [2.05, 4.69) is 21.2 Å². The quantitative estimate of drug-likeness (QED) is 0.870. The first-order valence-electron chi connectivity index (χ1n) is 5.27. The first-order chi connectivity index (χ1) is 7.67. The second-order valence-corrected chi connectivity index (χ2v) is 4.57. The fourth-order valence-corrected chi connectivity index (χ4v) is 1.99. The van der Waals surface area contributed by atoms with Crippen LogP contribution in [-0.4, -0.2) is 26.8 Å². The highest BCUT2D eigenvalue weighted by molar-refractivity contribution is 9.10. The number of hydrogen-bond acceptors (Lipinski definition) is 2. The van der Waals surface area contributed by atoms with Crippen molar-refractivity contribution in [2.45, 2.75) is 18.9 Å². The number of methoxy groups -OCH3 is 1. The van der Waals surface area contributed by atoms with Gasteiger partial charge in [0.1, 0.15) is 5.82 Å². The van der Waals surface area contributed by atoms with Gasteiger partial charge in [0.25, 0.3) is 0 Å². The third-order valence-corrected chi connectivity index (χ3v) is 3.15. The first kappa shape index (κ1) is 13.6. The highest BCUT2D eigenvalue weighted by Crippen LogP contribution is 2.18. The van der Waals surface area contributed by atoms with E-state index in [0.29, 0.717) is 10.5 Å². The zero-order chi connectivity index (χ0) is 12.0. The number of halogens is 2. The van der Waals surface area contributed by atoms with E-state index >= 15 is 0 Å². The smallest absolute Gasteiger partial charge is 0.137 e. The molecule has 1 aromatic carbocycles. The summed E-state index contributed by atoms with van der Waals surface area (Å²) in [5, 5.41) is 3.23. The Hall–Kier alpha value is -0.450. The van der Waals surface area contributed by atoms with E-state index in [9.17, 15) is 4.39 Å². The van der Waals surface area contributed by atoms with Gasteiger partial charge in [-0.2, -0.15) is 0 Å². The standard InChI is InChI=1S/C12H17BrFNO/c1-15-10(5-6-16-2)7-9-3-4-12(14)11(13)8-9/h3-4,8,10,15H,5-7H2,1-2H3. The van der Waals surface area contributed by atoms with Crippen molar-refractivity contribution in [3.63, 3.8) is 0 Å². The molecule has 1 atom stereocenters. The summed E-state index contributed by atoms with van der Waals surface area (Å²) in [6, 6.07) is 5.49. The minimum absolute atomic E-state index is 0.221. The van der Waals surface area contributed by atoms with E-state index < -0.39 is 0 Å². The lowest BCUT2D eigenvalue weighted by molar-refractivity contribution is 0.184. The predicted molar refractivity (Wildman–Crippen MR) is 67.1 cm³/mol. The van der Waals surface area contributed by atoms with Crippen molar-refractivity contribution in [3.8, 4) is 0 Å². The summed E-state index contributed by atoms with van der Waals surface area (Å²) in [5.74, 6) is -0.221. The topological polar surface area (TPSA) is 21.3 Å². The zero-order valence-electron chi connectivity index (χ0n) is 9.59. The number of benzene rings is 1. The van der Waals surface area contributed by atoms with E-state index in [1.165, 1.54) is 6.07 Å². The predicted octanol–water partition coefficient (Wildman–Crippen LogP) is 2.76. The van der Waals surface area contributed by atoms with Crippen molar-refractivity contribution < 1.29 is 9.13 Å². The van der Waals surface area contributed by atoms with Crippen molar-refractivity contribution in [1.29, 1.82) is 0 Å². The molecule has 0 aliphatic carbocycles. The van der Waals surface area contributed by atoms with Gasteiger partial charge in [-0.15, -0.1) is 0 Å². The van der Waals surface area contributed by atoms with Crippen LogP contribution in [0.3, 0.4) is 0 Å². The monoisotopic (exact) mass is 289 g/mol. The number of rotatable bonds is 6. The van der Waals surface area contributed by atoms with Gasteiger partial charge in [0, 0.05) is 19.8 Å². The fraction of sp³-hybridized carbons (Fsp3) is 0.500. The van der Waals surface area contributed by atoms with Crippen LogP contribution in [0.25, 0.3) is 0 Å². The van der Waals surface area contributed by atoms with Crippen molar-refractivity contribution in [3.05, 3.63) is 34.1 Å². The molecule has 1 rings (SSSR count). The highest BCUT2D eigenvalue weighted by atomic mass is 79.9. The lowest BCUT2D eigenvalue weighted by Gasteiger charge is -2.15. The molecule has 0 saturated carbocycles. The van der Waals surface area contributed by atoms with Gasteiger partial charge in [-0.25, -0.2) is 4.39 Å². The van der Waals surface area contributed by atoms with Gasteiger partial charge in [0.15, 0.2) is 0 Å². The van der Waals surface area contributed by atoms with Gasteiger partial charge >= 0.3 is 0 Å². The van der Waals surface area contributed by atoms with Gasteiger partial charge in [0.05, 0.1) is 4.47 Å². The molecule has 0 radical (unpaired) electrons. The van der Waals surface area contributed by atoms with Crippen molar-refractivity contribution in [2.75, 3.05) is 20.8 Å². The Morgan fingerprint density at radius 2 is 2.25 bits per heavy atom. The molecular formula is C12H17BrFNO. The van der Waals surface area contributed by atoms with Crippen LogP contribution in [0.1, 0.15) is 12.0 Å². The highest BCUT2D eigenvalue weighted by Gasteiger charge is 2.08. The summed E-state index contributed by atoms with van der Waals surface area (Å²) < 4.78 is 18.6. The Kier molecular flexibility index (Phi) is 5.95. The number of likely N-dealkylation sites (N-methyl/N-ethyl adjacent to an activating group) is 1. The van der Waals surface area contributed by atoms with Crippen molar-refractivity contribution >= 4 is 15.9 Å². The van der Waals surface area contributed by atoms with Crippen LogP contribution in [0.2, 0.25) is 0 Å². The van der Waals surface area contributed by atoms with E-state index in [4.69, 9.17) is 4.74 Å². The number of ether oxygens (including phenoxy) is 1. The maximum Gasteiger partial charge on any atom is 0.137 e. The molecule has 0 heterocycles. The average molecular weight is 290 g/mol. The van der Waals surface area contributed by atoms with Crippen molar-refractivity contribution in [1.82, 2.24) is 5.32 Å². The van der Waals surface area contributed by atoms with E-state index in [1.807, 2.05) is 19.2 Å². The van der Waals surface area contributed by atoms with E-state index in [-0.39, 0.29) is 5.82 Å². The van der Waals surface area contributed by atoms with Gasteiger partial charge in [-0.1, -0.05) is 6.07 Å². The Labute approximate surface area is 104 Å². The van der Waals surface area contributed by atoms with Crippen LogP contribution in [0.5, 0.6) is 0 Å². The summed E-state index contributed by atoms with van der Waals surface area (Å²) in [6.45, 7) is 0.730.